The van der Waals surface area contributed by atoms with Gasteiger partial charge >= 0.3 is 0 Å². The highest BCUT2D eigenvalue weighted by molar-refractivity contribution is 5.44. The van der Waals surface area contributed by atoms with Crippen LogP contribution in [0.3, 0.4) is 0 Å². The summed E-state index contributed by atoms with van der Waals surface area (Å²) >= 11 is 0. The molecule has 0 spiro atoms. The van der Waals surface area contributed by atoms with Crippen molar-refractivity contribution >= 4 is 11.5 Å². The van der Waals surface area contributed by atoms with Crippen molar-refractivity contribution in [3.05, 3.63) is 28.4 Å². The van der Waals surface area contributed by atoms with Crippen LogP contribution in [0.5, 0.6) is 0 Å². The van der Waals surface area contributed by atoms with Crippen LogP contribution in [-0.4, -0.2) is 71.6 Å². The van der Waals surface area contributed by atoms with E-state index in [-0.39, 0.29) is 5.69 Å². The molecule has 2 aliphatic rings. The Labute approximate surface area is 130 Å². The van der Waals surface area contributed by atoms with E-state index >= 15 is 0 Å². The van der Waals surface area contributed by atoms with Gasteiger partial charge < -0.3 is 9.80 Å². The SMILES string of the molecule is CCN1CCN(C2CCN(c3ccc([N+](=O)[O-])cn3)C2)CC1. The predicted molar refractivity (Wildman–Crippen MR) is 85.2 cm³/mol. The molecule has 0 bridgehead atoms. The first-order valence-corrected chi connectivity index (χ1v) is 7.99. The van der Waals surface area contributed by atoms with Crippen molar-refractivity contribution in [3.63, 3.8) is 0 Å². The molecule has 22 heavy (non-hydrogen) atoms. The lowest BCUT2D eigenvalue weighted by Crippen LogP contribution is -2.50. The standard InChI is InChI=1S/C15H23N5O2/c1-2-17-7-9-18(10-8-17)14-5-6-19(12-14)15-4-3-13(11-16-15)20(21)22/h3-4,11,14H,2,5-10,12H2,1H3. The van der Waals surface area contributed by atoms with E-state index in [1.807, 2.05) is 0 Å². The Morgan fingerprint density at radius 3 is 2.64 bits per heavy atom. The van der Waals surface area contributed by atoms with E-state index in [4.69, 9.17) is 0 Å². The molecule has 1 aromatic rings. The highest BCUT2D eigenvalue weighted by atomic mass is 16.6. The van der Waals surface area contributed by atoms with Crippen LogP contribution in [0.4, 0.5) is 11.5 Å². The van der Waals surface area contributed by atoms with E-state index in [0.29, 0.717) is 6.04 Å². The zero-order valence-corrected chi connectivity index (χ0v) is 13.0. The van der Waals surface area contributed by atoms with Gasteiger partial charge in [0.15, 0.2) is 0 Å². The molecule has 2 fully saturated rings. The summed E-state index contributed by atoms with van der Waals surface area (Å²) in [6.07, 6.45) is 2.49. The van der Waals surface area contributed by atoms with Crippen LogP contribution in [0, 0.1) is 10.1 Å². The molecule has 1 unspecified atom stereocenters. The smallest absolute Gasteiger partial charge is 0.287 e. The largest absolute Gasteiger partial charge is 0.355 e. The number of aromatic nitrogens is 1. The van der Waals surface area contributed by atoms with Crippen LogP contribution in [0.2, 0.25) is 0 Å². The Hall–Kier alpha value is -1.73. The van der Waals surface area contributed by atoms with Crippen LogP contribution < -0.4 is 4.90 Å². The lowest BCUT2D eigenvalue weighted by atomic mass is 10.2. The third-order valence-corrected chi connectivity index (χ3v) is 4.80. The van der Waals surface area contributed by atoms with Crippen molar-refractivity contribution in [2.45, 2.75) is 19.4 Å². The van der Waals surface area contributed by atoms with Gasteiger partial charge in [-0.3, -0.25) is 15.0 Å². The van der Waals surface area contributed by atoms with Crippen LogP contribution in [-0.2, 0) is 0 Å². The molecule has 3 rings (SSSR count). The number of rotatable bonds is 4. The number of likely N-dealkylation sites (N-methyl/N-ethyl adjacent to an activating group) is 1. The van der Waals surface area contributed by atoms with Crippen molar-refractivity contribution < 1.29 is 4.92 Å². The fourth-order valence-electron chi connectivity index (χ4n) is 3.37. The van der Waals surface area contributed by atoms with E-state index < -0.39 is 4.92 Å². The number of piperazine rings is 1. The normalized spacial score (nSPS) is 23.9. The zero-order chi connectivity index (χ0) is 15.5. The summed E-state index contributed by atoms with van der Waals surface area (Å²) in [5, 5.41) is 10.7. The Morgan fingerprint density at radius 1 is 1.27 bits per heavy atom. The molecule has 7 nitrogen and oxygen atoms in total. The third kappa shape index (κ3) is 3.20. The van der Waals surface area contributed by atoms with E-state index in [0.717, 1.165) is 58.1 Å². The molecular weight excluding hydrogens is 282 g/mol. The lowest BCUT2D eigenvalue weighted by Gasteiger charge is -2.37. The van der Waals surface area contributed by atoms with Crippen molar-refractivity contribution in [2.24, 2.45) is 0 Å². The maximum atomic E-state index is 10.7. The molecule has 2 aliphatic heterocycles. The summed E-state index contributed by atoms with van der Waals surface area (Å²) in [4.78, 5) is 21.8. The monoisotopic (exact) mass is 305 g/mol. The predicted octanol–water partition coefficient (Wildman–Crippen LogP) is 1.21. The lowest BCUT2D eigenvalue weighted by molar-refractivity contribution is -0.385. The molecule has 0 aliphatic carbocycles. The first-order chi connectivity index (χ1) is 10.7. The summed E-state index contributed by atoms with van der Waals surface area (Å²) in [6.45, 7) is 9.89. The van der Waals surface area contributed by atoms with Crippen molar-refractivity contribution in [2.75, 3.05) is 50.7 Å². The van der Waals surface area contributed by atoms with Gasteiger partial charge in [0, 0.05) is 51.4 Å². The molecule has 0 N–H and O–H groups in total. The molecule has 1 aromatic heterocycles. The number of nitro groups is 1. The highest BCUT2D eigenvalue weighted by Gasteiger charge is 2.30. The number of hydrogen-bond acceptors (Lipinski definition) is 6. The van der Waals surface area contributed by atoms with Crippen LogP contribution in [0.15, 0.2) is 18.3 Å². The summed E-state index contributed by atoms with van der Waals surface area (Å²) in [7, 11) is 0. The number of pyridine rings is 1. The molecular formula is C15H23N5O2. The average Bonchev–Trinajstić information content (AvgIpc) is 3.05. The molecule has 120 valence electrons. The van der Waals surface area contributed by atoms with Crippen LogP contribution in [0.1, 0.15) is 13.3 Å². The summed E-state index contributed by atoms with van der Waals surface area (Å²) in [5.41, 5.74) is 0.0511. The number of nitrogens with zero attached hydrogens (tertiary/aromatic N) is 5. The molecule has 2 saturated heterocycles. The first-order valence-electron chi connectivity index (χ1n) is 7.99. The van der Waals surface area contributed by atoms with Gasteiger partial charge in [-0.1, -0.05) is 6.92 Å². The second-order valence-corrected chi connectivity index (χ2v) is 5.99. The number of anilines is 1. The molecule has 7 heteroatoms. The molecule has 0 aromatic carbocycles. The van der Waals surface area contributed by atoms with Gasteiger partial charge in [0.1, 0.15) is 12.0 Å². The number of hydrogen-bond donors (Lipinski definition) is 0. The van der Waals surface area contributed by atoms with Crippen LogP contribution in [0.25, 0.3) is 0 Å². The molecule has 0 radical (unpaired) electrons. The second kappa shape index (κ2) is 6.58. The summed E-state index contributed by atoms with van der Waals surface area (Å²) in [6, 6.07) is 3.88. The third-order valence-electron chi connectivity index (χ3n) is 4.80. The average molecular weight is 305 g/mol. The molecule has 0 amide bonds. The van der Waals surface area contributed by atoms with Crippen molar-refractivity contribution in [1.82, 2.24) is 14.8 Å². The maximum Gasteiger partial charge on any atom is 0.287 e. The van der Waals surface area contributed by atoms with Gasteiger partial charge in [0.2, 0.25) is 0 Å². The summed E-state index contributed by atoms with van der Waals surface area (Å²) in [5.74, 6) is 0.847. The Bertz CT molecular complexity index is 513. The fraction of sp³-hybridized carbons (Fsp3) is 0.667. The van der Waals surface area contributed by atoms with Crippen molar-refractivity contribution in [3.8, 4) is 0 Å². The van der Waals surface area contributed by atoms with Crippen molar-refractivity contribution in [1.29, 1.82) is 0 Å². The Balaban J connectivity index is 1.57. The minimum Gasteiger partial charge on any atom is -0.355 e. The zero-order valence-electron chi connectivity index (χ0n) is 13.0. The van der Waals surface area contributed by atoms with E-state index in [2.05, 4.69) is 26.6 Å². The fourth-order valence-corrected chi connectivity index (χ4v) is 3.37. The van der Waals surface area contributed by atoms with Gasteiger partial charge in [-0.15, -0.1) is 0 Å². The highest BCUT2D eigenvalue weighted by Crippen LogP contribution is 2.23. The molecule has 1 atom stereocenters. The minimum atomic E-state index is -0.406. The molecule has 3 heterocycles. The Kier molecular flexibility index (Phi) is 4.54. The second-order valence-electron chi connectivity index (χ2n) is 5.99. The van der Waals surface area contributed by atoms with E-state index in [1.54, 1.807) is 6.07 Å². The van der Waals surface area contributed by atoms with E-state index in [1.165, 1.54) is 12.3 Å². The van der Waals surface area contributed by atoms with Gasteiger partial charge in [-0.05, 0) is 19.0 Å². The van der Waals surface area contributed by atoms with Gasteiger partial charge in [0.25, 0.3) is 5.69 Å². The molecule has 0 saturated carbocycles. The van der Waals surface area contributed by atoms with E-state index in [9.17, 15) is 10.1 Å². The Morgan fingerprint density at radius 2 is 2.05 bits per heavy atom. The maximum absolute atomic E-state index is 10.7. The minimum absolute atomic E-state index is 0.0511. The van der Waals surface area contributed by atoms with Gasteiger partial charge in [-0.2, -0.15) is 0 Å². The summed E-state index contributed by atoms with van der Waals surface area (Å²) < 4.78 is 0. The van der Waals surface area contributed by atoms with Gasteiger partial charge in [0.05, 0.1) is 4.92 Å². The first kappa shape index (κ1) is 15.2. The van der Waals surface area contributed by atoms with Gasteiger partial charge in [-0.25, -0.2) is 4.98 Å². The van der Waals surface area contributed by atoms with Crippen LogP contribution >= 0.6 is 0 Å². The quantitative estimate of drug-likeness (QED) is 0.615. The topological polar surface area (TPSA) is 65.8 Å².